The van der Waals surface area contributed by atoms with Crippen LogP contribution in [-0.2, 0) is 0 Å². The quantitative estimate of drug-likeness (QED) is 0.708. The van der Waals surface area contributed by atoms with Crippen LogP contribution in [0.4, 0.5) is 0 Å². The summed E-state index contributed by atoms with van der Waals surface area (Å²) < 4.78 is 0. The van der Waals surface area contributed by atoms with E-state index in [1.165, 1.54) is 0 Å². The second-order valence-corrected chi connectivity index (χ2v) is 4.53. The van der Waals surface area contributed by atoms with Crippen LogP contribution in [-0.4, -0.2) is 20.2 Å². The van der Waals surface area contributed by atoms with Gasteiger partial charge in [0, 0.05) is 0 Å². The van der Waals surface area contributed by atoms with E-state index >= 15 is 0 Å². The largest absolute Gasteiger partial charge is 0.322 e. The van der Waals surface area contributed by atoms with Crippen LogP contribution in [0.25, 0.3) is 21.7 Å². The number of nitrogens with zero attached hydrogens (tertiary/aromatic N) is 3. The van der Waals surface area contributed by atoms with Crippen molar-refractivity contribution in [1.29, 1.82) is 0 Å². The van der Waals surface area contributed by atoms with Gasteiger partial charge in [-0.2, -0.15) is 5.10 Å². The molecule has 0 radical (unpaired) electrons. The van der Waals surface area contributed by atoms with E-state index in [4.69, 9.17) is 0 Å². The Morgan fingerprint density at radius 1 is 1.18 bits per heavy atom. The van der Waals surface area contributed by atoms with Gasteiger partial charge in [0.25, 0.3) is 0 Å². The Balaban J connectivity index is 2.29. The van der Waals surface area contributed by atoms with E-state index in [0.717, 1.165) is 28.1 Å². The summed E-state index contributed by atoms with van der Waals surface area (Å²) in [6.45, 7) is 1.86. The van der Waals surface area contributed by atoms with Gasteiger partial charge in [0.2, 0.25) is 0 Å². The minimum absolute atomic E-state index is 0.186. The molecule has 0 spiro atoms. The van der Waals surface area contributed by atoms with Gasteiger partial charge in [-0.05, 0) is 19.1 Å². The number of hydrogen-bond acceptors (Lipinski definition) is 5. The second kappa shape index (κ2) is 3.74. The Labute approximate surface area is 100 Å². The standard InChI is InChI=1S/C11H8N4OS/c1-6-9(10-14-15-11(16)17-10)13-8-5-3-2-4-7(8)12-6/h2-5H,1H3,(H,15,16). The first kappa shape index (κ1) is 10.1. The molecule has 1 aromatic carbocycles. The van der Waals surface area contributed by atoms with Crippen LogP contribution in [0.1, 0.15) is 5.69 Å². The van der Waals surface area contributed by atoms with Crippen LogP contribution in [0.3, 0.4) is 0 Å². The fourth-order valence-electron chi connectivity index (χ4n) is 1.62. The topological polar surface area (TPSA) is 71.5 Å². The van der Waals surface area contributed by atoms with E-state index in [2.05, 4.69) is 20.2 Å². The smallest absolute Gasteiger partial charge is 0.255 e. The Kier molecular flexibility index (Phi) is 2.22. The Morgan fingerprint density at radius 3 is 2.53 bits per heavy atom. The third-order valence-electron chi connectivity index (χ3n) is 2.39. The van der Waals surface area contributed by atoms with Gasteiger partial charge in [-0.15, -0.1) is 0 Å². The van der Waals surface area contributed by atoms with Gasteiger partial charge in [-0.3, -0.25) is 4.79 Å². The highest BCUT2D eigenvalue weighted by Gasteiger charge is 2.11. The van der Waals surface area contributed by atoms with Gasteiger partial charge in [-0.1, -0.05) is 23.5 Å². The molecule has 0 saturated heterocycles. The van der Waals surface area contributed by atoms with Gasteiger partial charge in [0.1, 0.15) is 5.69 Å². The lowest BCUT2D eigenvalue weighted by Crippen LogP contribution is -1.93. The van der Waals surface area contributed by atoms with Crippen molar-refractivity contribution >= 4 is 22.4 Å². The van der Waals surface area contributed by atoms with Crippen LogP contribution in [0.15, 0.2) is 29.1 Å². The molecule has 2 heterocycles. The normalized spacial score (nSPS) is 10.9. The molecule has 2 aromatic heterocycles. The summed E-state index contributed by atoms with van der Waals surface area (Å²) in [5.41, 5.74) is 3.07. The molecule has 0 unspecified atom stereocenters. The molecule has 84 valence electrons. The van der Waals surface area contributed by atoms with Gasteiger partial charge >= 0.3 is 4.87 Å². The second-order valence-electron chi connectivity index (χ2n) is 3.56. The molecule has 0 atom stereocenters. The van der Waals surface area contributed by atoms with Crippen molar-refractivity contribution in [1.82, 2.24) is 20.2 Å². The molecule has 1 N–H and O–H groups in total. The molecular weight excluding hydrogens is 236 g/mol. The molecule has 3 aromatic rings. The summed E-state index contributed by atoms with van der Waals surface area (Å²) >= 11 is 1.04. The lowest BCUT2D eigenvalue weighted by atomic mass is 10.2. The van der Waals surface area contributed by atoms with Crippen molar-refractivity contribution in [3.8, 4) is 10.7 Å². The van der Waals surface area contributed by atoms with Crippen LogP contribution in [0, 0.1) is 6.92 Å². The average molecular weight is 244 g/mol. The number of fused-ring (bicyclic) bond motifs is 1. The summed E-state index contributed by atoms with van der Waals surface area (Å²) in [5.74, 6) is 0. The number of nitrogens with one attached hydrogen (secondary N) is 1. The van der Waals surface area contributed by atoms with Crippen molar-refractivity contribution in [3.05, 3.63) is 39.6 Å². The number of aromatic nitrogens is 4. The molecule has 0 aliphatic carbocycles. The Bertz CT molecular complexity index is 746. The molecule has 0 bridgehead atoms. The van der Waals surface area contributed by atoms with E-state index in [1.807, 2.05) is 31.2 Å². The van der Waals surface area contributed by atoms with Gasteiger partial charge < -0.3 is 0 Å². The number of H-pyrrole nitrogens is 1. The highest BCUT2D eigenvalue weighted by molar-refractivity contribution is 7.12. The first-order chi connectivity index (χ1) is 8.24. The zero-order valence-electron chi connectivity index (χ0n) is 8.97. The van der Waals surface area contributed by atoms with Crippen molar-refractivity contribution < 1.29 is 0 Å². The SMILES string of the molecule is Cc1nc2ccccc2nc1-c1n[nH]c(=O)s1. The highest BCUT2D eigenvalue weighted by atomic mass is 32.1. The molecule has 5 nitrogen and oxygen atoms in total. The minimum Gasteiger partial charge on any atom is -0.255 e. The minimum atomic E-state index is -0.186. The number of aromatic amines is 1. The predicted octanol–water partition coefficient (Wildman–Crippen LogP) is 1.75. The maximum atomic E-state index is 11.1. The Morgan fingerprint density at radius 2 is 1.88 bits per heavy atom. The Hall–Kier alpha value is -2.08. The van der Waals surface area contributed by atoms with Crippen LogP contribution in [0.2, 0.25) is 0 Å². The average Bonchev–Trinajstić information content (AvgIpc) is 2.75. The third kappa shape index (κ3) is 1.72. The fraction of sp³-hybridized carbons (Fsp3) is 0.0909. The van der Waals surface area contributed by atoms with Crippen molar-refractivity contribution in [2.24, 2.45) is 0 Å². The van der Waals surface area contributed by atoms with E-state index in [9.17, 15) is 4.79 Å². The first-order valence-electron chi connectivity index (χ1n) is 5.03. The van der Waals surface area contributed by atoms with Crippen LogP contribution in [0.5, 0.6) is 0 Å². The summed E-state index contributed by atoms with van der Waals surface area (Å²) in [6.07, 6.45) is 0. The van der Waals surface area contributed by atoms with Gasteiger partial charge in [0.15, 0.2) is 5.01 Å². The molecule has 17 heavy (non-hydrogen) atoms. The molecule has 0 aliphatic heterocycles. The summed E-state index contributed by atoms with van der Waals surface area (Å²) in [6, 6.07) is 7.62. The molecule has 0 fully saturated rings. The molecule has 0 amide bonds. The van der Waals surface area contributed by atoms with E-state index in [1.54, 1.807) is 0 Å². The number of para-hydroxylation sites is 2. The van der Waals surface area contributed by atoms with Crippen molar-refractivity contribution in [2.45, 2.75) is 6.92 Å². The monoisotopic (exact) mass is 244 g/mol. The van der Waals surface area contributed by atoms with Gasteiger partial charge in [-0.25, -0.2) is 15.1 Å². The summed E-state index contributed by atoms with van der Waals surface area (Å²) in [7, 11) is 0. The lowest BCUT2D eigenvalue weighted by molar-refractivity contribution is 1.05. The lowest BCUT2D eigenvalue weighted by Gasteiger charge is -2.02. The number of hydrogen-bond donors (Lipinski definition) is 1. The third-order valence-corrected chi connectivity index (χ3v) is 3.14. The maximum Gasteiger partial charge on any atom is 0.322 e. The zero-order chi connectivity index (χ0) is 11.8. The van der Waals surface area contributed by atoms with E-state index < -0.39 is 0 Å². The fourth-order valence-corrected chi connectivity index (χ4v) is 2.27. The molecule has 0 aliphatic rings. The number of rotatable bonds is 1. The van der Waals surface area contributed by atoms with E-state index in [-0.39, 0.29) is 4.87 Å². The predicted molar refractivity (Wildman–Crippen MR) is 66.0 cm³/mol. The molecule has 6 heteroatoms. The van der Waals surface area contributed by atoms with Gasteiger partial charge in [0.05, 0.1) is 16.7 Å². The molecule has 0 saturated carbocycles. The summed E-state index contributed by atoms with van der Waals surface area (Å²) in [5, 5.41) is 6.89. The van der Waals surface area contributed by atoms with Crippen molar-refractivity contribution in [2.75, 3.05) is 0 Å². The summed E-state index contributed by atoms with van der Waals surface area (Å²) in [4.78, 5) is 19.8. The van der Waals surface area contributed by atoms with E-state index in [0.29, 0.717) is 10.7 Å². The van der Waals surface area contributed by atoms with Crippen LogP contribution >= 0.6 is 11.3 Å². The number of aryl methyl sites for hydroxylation is 1. The molecule has 3 rings (SSSR count). The van der Waals surface area contributed by atoms with Crippen molar-refractivity contribution in [3.63, 3.8) is 0 Å². The number of benzene rings is 1. The molecular formula is C11H8N4OS. The zero-order valence-corrected chi connectivity index (χ0v) is 9.78. The van der Waals surface area contributed by atoms with Crippen LogP contribution < -0.4 is 4.87 Å². The first-order valence-corrected chi connectivity index (χ1v) is 5.85. The maximum absolute atomic E-state index is 11.1. The highest BCUT2D eigenvalue weighted by Crippen LogP contribution is 2.21.